The fraction of sp³-hybridized carbons (Fsp3) is 0.417. The van der Waals surface area contributed by atoms with Crippen molar-refractivity contribution in [2.24, 2.45) is 0 Å². The van der Waals surface area contributed by atoms with E-state index in [9.17, 15) is 15.0 Å². The largest absolute Gasteiger partial charge is 0.508 e. The van der Waals surface area contributed by atoms with Gasteiger partial charge >= 0.3 is 0 Å². The molecule has 0 atom stereocenters. The molecule has 1 fully saturated rings. The van der Waals surface area contributed by atoms with Crippen LogP contribution in [0.3, 0.4) is 0 Å². The minimum Gasteiger partial charge on any atom is -0.508 e. The third-order valence-corrected chi connectivity index (χ3v) is 2.78. The normalized spacial score (nSPS) is 16.7. The Bertz CT molecular complexity index is 413. The lowest BCUT2D eigenvalue weighted by molar-refractivity contribution is 0.0695. The van der Waals surface area contributed by atoms with E-state index in [1.165, 1.54) is 18.2 Å². The van der Waals surface area contributed by atoms with Gasteiger partial charge in [0.25, 0.3) is 5.91 Å². The van der Waals surface area contributed by atoms with Gasteiger partial charge in [0.05, 0.1) is 5.56 Å². The Hall–Kier alpha value is -1.75. The minimum atomic E-state index is -0.370. The summed E-state index contributed by atoms with van der Waals surface area (Å²) >= 11 is 0. The van der Waals surface area contributed by atoms with E-state index >= 15 is 0 Å². The summed E-state index contributed by atoms with van der Waals surface area (Å²) < 4.78 is 5.19. The molecule has 1 aromatic carbocycles. The number of aromatic hydroxyl groups is 2. The first-order valence-corrected chi connectivity index (χ1v) is 5.57. The van der Waals surface area contributed by atoms with E-state index in [2.05, 4.69) is 5.32 Å². The fourth-order valence-corrected chi connectivity index (χ4v) is 1.81. The Labute approximate surface area is 99.0 Å². The number of benzene rings is 1. The predicted molar refractivity (Wildman–Crippen MR) is 61.1 cm³/mol. The summed E-state index contributed by atoms with van der Waals surface area (Å²) in [6.07, 6.45) is 1.54. The Balaban J connectivity index is 2.05. The van der Waals surface area contributed by atoms with E-state index in [0.29, 0.717) is 13.2 Å². The van der Waals surface area contributed by atoms with Crippen LogP contribution in [-0.4, -0.2) is 35.4 Å². The fourth-order valence-electron chi connectivity index (χ4n) is 1.81. The Kier molecular flexibility index (Phi) is 3.49. The van der Waals surface area contributed by atoms with Gasteiger partial charge in [0, 0.05) is 19.3 Å². The van der Waals surface area contributed by atoms with Gasteiger partial charge in [-0.1, -0.05) is 0 Å². The summed E-state index contributed by atoms with van der Waals surface area (Å²) in [4.78, 5) is 11.9. The molecule has 5 nitrogen and oxygen atoms in total. The maximum absolute atomic E-state index is 11.9. The number of amides is 1. The smallest absolute Gasteiger partial charge is 0.255 e. The highest BCUT2D eigenvalue weighted by atomic mass is 16.5. The van der Waals surface area contributed by atoms with E-state index < -0.39 is 0 Å². The third-order valence-electron chi connectivity index (χ3n) is 2.78. The van der Waals surface area contributed by atoms with Crippen LogP contribution in [0.4, 0.5) is 0 Å². The average molecular weight is 237 g/mol. The zero-order valence-corrected chi connectivity index (χ0v) is 9.35. The van der Waals surface area contributed by atoms with Gasteiger partial charge in [-0.2, -0.15) is 0 Å². The summed E-state index contributed by atoms with van der Waals surface area (Å²) in [5.74, 6) is -0.544. The molecule has 1 aromatic rings. The number of phenolic OH excluding ortho intramolecular Hbond substituents is 2. The standard InChI is InChI=1S/C12H15NO4/c14-9-1-2-11(15)10(7-9)12(16)13-8-3-5-17-6-4-8/h1-2,7-8,14-15H,3-6H2,(H,13,16). The van der Waals surface area contributed by atoms with Crippen LogP contribution in [0.5, 0.6) is 11.5 Å². The third kappa shape index (κ3) is 2.88. The topological polar surface area (TPSA) is 78.8 Å². The van der Waals surface area contributed by atoms with E-state index in [0.717, 1.165) is 12.8 Å². The van der Waals surface area contributed by atoms with Crippen molar-refractivity contribution in [1.29, 1.82) is 0 Å². The van der Waals surface area contributed by atoms with Crippen molar-refractivity contribution in [1.82, 2.24) is 5.32 Å². The summed E-state index contributed by atoms with van der Waals surface area (Å²) in [6.45, 7) is 1.27. The summed E-state index contributed by atoms with van der Waals surface area (Å²) in [5.41, 5.74) is 0.0940. The maximum Gasteiger partial charge on any atom is 0.255 e. The Morgan fingerprint density at radius 2 is 2.00 bits per heavy atom. The van der Waals surface area contributed by atoms with Crippen molar-refractivity contribution in [2.75, 3.05) is 13.2 Å². The lowest BCUT2D eigenvalue weighted by Crippen LogP contribution is -2.38. The molecule has 1 saturated heterocycles. The van der Waals surface area contributed by atoms with Crippen LogP contribution < -0.4 is 5.32 Å². The molecule has 5 heteroatoms. The van der Waals surface area contributed by atoms with Crippen LogP contribution >= 0.6 is 0 Å². The number of nitrogens with one attached hydrogen (secondary N) is 1. The predicted octanol–water partition coefficient (Wildman–Crippen LogP) is 1.01. The highest BCUT2D eigenvalue weighted by Crippen LogP contribution is 2.22. The van der Waals surface area contributed by atoms with Gasteiger partial charge in [0.2, 0.25) is 0 Å². The number of ether oxygens (including phenoxy) is 1. The molecule has 0 bridgehead atoms. The van der Waals surface area contributed by atoms with Crippen molar-refractivity contribution < 1.29 is 19.7 Å². The van der Waals surface area contributed by atoms with E-state index in [1.807, 2.05) is 0 Å². The Morgan fingerprint density at radius 3 is 2.71 bits per heavy atom. The number of rotatable bonds is 2. The SMILES string of the molecule is O=C(NC1CCOCC1)c1cc(O)ccc1O. The van der Waals surface area contributed by atoms with Crippen molar-refractivity contribution >= 4 is 5.91 Å². The first-order valence-electron chi connectivity index (χ1n) is 5.57. The first kappa shape index (κ1) is 11.7. The molecule has 0 unspecified atom stereocenters. The molecule has 3 N–H and O–H groups in total. The van der Waals surface area contributed by atoms with Crippen LogP contribution in [0.25, 0.3) is 0 Å². The second-order valence-corrected chi connectivity index (χ2v) is 4.06. The van der Waals surface area contributed by atoms with Gasteiger partial charge in [-0.3, -0.25) is 4.79 Å². The summed E-state index contributed by atoms with van der Waals surface area (Å²) in [5, 5.41) is 21.6. The van der Waals surface area contributed by atoms with Gasteiger partial charge < -0.3 is 20.3 Å². The zero-order chi connectivity index (χ0) is 12.3. The second-order valence-electron chi connectivity index (χ2n) is 4.06. The van der Waals surface area contributed by atoms with E-state index in [1.54, 1.807) is 0 Å². The molecular formula is C12H15NO4. The molecule has 1 heterocycles. The Morgan fingerprint density at radius 1 is 1.29 bits per heavy atom. The highest BCUT2D eigenvalue weighted by Gasteiger charge is 2.19. The van der Waals surface area contributed by atoms with Crippen molar-refractivity contribution in [2.45, 2.75) is 18.9 Å². The highest BCUT2D eigenvalue weighted by molar-refractivity contribution is 5.97. The quantitative estimate of drug-likeness (QED) is 0.671. The van der Waals surface area contributed by atoms with Gasteiger partial charge in [-0.05, 0) is 31.0 Å². The lowest BCUT2D eigenvalue weighted by Gasteiger charge is -2.23. The molecule has 17 heavy (non-hydrogen) atoms. The minimum absolute atomic E-state index is 0.0417. The molecule has 2 rings (SSSR count). The van der Waals surface area contributed by atoms with E-state index in [-0.39, 0.29) is 29.0 Å². The molecular weight excluding hydrogens is 222 g/mol. The second kappa shape index (κ2) is 5.05. The number of hydrogen-bond donors (Lipinski definition) is 3. The van der Waals surface area contributed by atoms with Crippen LogP contribution in [0, 0.1) is 0 Å². The number of carbonyl (C=O) groups is 1. The van der Waals surface area contributed by atoms with Crippen LogP contribution in [0.15, 0.2) is 18.2 Å². The molecule has 0 spiro atoms. The average Bonchev–Trinajstić information content (AvgIpc) is 2.33. The summed E-state index contributed by atoms with van der Waals surface area (Å²) in [7, 11) is 0. The van der Waals surface area contributed by atoms with E-state index in [4.69, 9.17) is 4.74 Å². The van der Waals surface area contributed by atoms with Crippen molar-refractivity contribution in [3.63, 3.8) is 0 Å². The molecule has 92 valence electrons. The van der Waals surface area contributed by atoms with Crippen molar-refractivity contribution in [3.05, 3.63) is 23.8 Å². The first-order chi connectivity index (χ1) is 8.16. The maximum atomic E-state index is 11.9. The number of phenols is 2. The zero-order valence-electron chi connectivity index (χ0n) is 9.35. The van der Waals surface area contributed by atoms with Gasteiger partial charge in [0.1, 0.15) is 11.5 Å². The lowest BCUT2D eigenvalue weighted by atomic mass is 10.1. The van der Waals surface area contributed by atoms with Gasteiger partial charge in [0.15, 0.2) is 0 Å². The number of hydrogen-bond acceptors (Lipinski definition) is 4. The summed E-state index contributed by atoms with van der Waals surface area (Å²) in [6, 6.07) is 3.96. The van der Waals surface area contributed by atoms with Crippen LogP contribution in [-0.2, 0) is 4.74 Å². The number of carbonyl (C=O) groups excluding carboxylic acids is 1. The molecule has 0 radical (unpaired) electrons. The molecule has 0 saturated carbocycles. The monoisotopic (exact) mass is 237 g/mol. The molecule has 1 amide bonds. The van der Waals surface area contributed by atoms with Gasteiger partial charge in [-0.15, -0.1) is 0 Å². The molecule has 0 aliphatic carbocycles. The molecule has 1 aliphatic heterocycles. The van der Waals surface area contributed by atoms with Crippen LogP contribution in [0.1, 0.15) is 23.2 Å². The molecule has 1 aliphatic rings. The van der Waals surface area contributed by atoms with Crippen LogP contribution in [0.2, 0.25) is 0 Å². The van der Waals surface area contributed by atoms with Gasteiger partial charge in [-0.25, -0.2) is 0 Å². The molecule has 0 aromatic heterocycles. The van der Waals surface area contributed by atoms with Crippen molar-refractivity contribution in [3.8, 4) is 11.5 Å².